The van der Waals surface area contributed by atoms with Gasteiger partial charge >= 0.3 is 0 Å². The van der Waals surface area contributed by atoms with Gasteiger partial charge in [0, 0.05) is 11.8 Å². The molecule has 0 aliphatic carbocycles. The minimum Gasteiger partial charge on any atom is -0.298 e. The van der Waals surface area contributed by atoms with Crippen molar-refractivity contribution in [2.45, 2.75) is 45.6 Å². The van der Waals surface area contributed by atoms with Crippen molar-refractivity contribution < 1.29 is 8.42 Å². The lowest BCUT2D eigenvalue weighted by atomic mass is 9.91. The number of piperidine rings is 1. The molecule has 0 atom stereocenters. The summed E-state index contributed by atoms with van der Waals surface area (Å²) >= 11 is 0. The summed E-state index contributed by atoms with van der Waals surface area (Å²) in [5.74, 6) is 0.959. The molecule has 1 heterocycles. The first-order chi connectivity index (χ1) is 7.18. The number of nitrogens with zero attached hydrogens (tertiary/aromatic N) is 1. The van der Waals surface area contributed by atoms with E-state index >= 15 is 0 Å². The number of hydrogen-bond donors (Lipinski definition) is 0. The van der Waals surface area contributed by atoms with E-state index in [0.29, 0.717) is 11.7 Å². The maximum Gasteiger partial charge on any atom is 0.147 e. The Hall–Kier alpha value is -0.0900. The second-order valence-electron chi connectivity index (χ2n) is 6.02. The molecule has 0 aromatic rings. The average molecular weight is 247 g/mol. The topological polar surface area (TPSA) is 37.4 Å². The van der Waals surface area contributed by atoms with Crippen molar-refractivity contribution in [1.29, 1.82) is 0 Å². The minimum absolute atomic E-state index is 0.252. The molecule has 3 nitrogen and oxygen atoms in total. The SMILES string of the molecule is CC(C)(C)N1CCC(CCS(C)(=O)=O)CC1. The molecule has 0 bridgehead atoms. The van der Waals surface area contributed by atoms with Gasteiger partial charge in [0.05, 0.1) is 5.75 Å². The molecule has 0 spiro atoms. The van der Waals surface area contributed by atoms with Crippen LogP contribution in [0.1, 0.15) is 40.0 Å². The Morgan fingerprint density at radius 1 is 1.19 bits per heavy atom. The number of hydrogen-bond acceptors (Lipinski definition) is 3. The van der Waals surface area contributed by atoms with E-state index in [1.165, 1.54) is 6.26 Å². The summed E-state index contributed by atoms with van der Waals surface area (Å²) in [7, 11) is -2.78. The Morgan fingerprint density at radius 3 is 2.06 bits per heavy atom. The summed E-state index contributed by atoms with van der Waals surface area (Å²) in [4.78, 5) is 2.49. The van der Waals surface area contributed by atoms with Gasteiger partial charge in [0.1, 0.15) is 9.84 Å². The van der Waals surface area contributed by atoms with E-state index in [0.717, 1.165) is 32.4 Å². The van der Waals surface area contributed by atoms with Crippen LogP contribution in [0, 0.1) is 5.92 Å². The van der Waals surface area contributed by atoms with Gasteiger partial charge in [-0.2, -0.15) is 0 Å². The molecule has 0 radical (unpaired) electrons. The molecule has 1 saturated heterocycles. The van der Waals surface area contributed by atoms with Crippen LogP contribution in [-0.4, -0.2) is 44.0 Å². The summed E-state index contributed by atoms with van der Waals surface area (Å²) < 4.78 is 22.2. The average Bonchev–Trinajstić information content (AvgIpc) is 2.13. The summed E-state index contributed by atoms with van der Waals surface area (Å²) in [6, 6.07) is 0. The van der Waals surface area contributed by atoms with Gasteiger partial charge < -0.3 is 0 Å². The molecule has 1 aliphatic rings. The molecule has 1 aliphatic heterocycles. The third kappa shape index (κ3) is 4.83. The first kappa shape index (κ1) is 14.0. The van der Waals surface area contributed by atoms with Crippen molar-refractivity contribution in [3.05, 3.63) is 0 Å². The van der Waals surface area contributed by atoms with E-state index < -0.39 is 9.84 Å². The van der Waals surface area contributed by atoms with Gasteiger partial charge in [-0.3, -0.25) is 4.90 Å². The van der Waals surface area contributed by atoms with Crippen molar-refractivity contribution in [1.82, 2.24) is 4.90 Å². The first-order valence-corrected chi connectivity index (χ1v) is 8.17. The standard InChI is InChI=1S/C12H25NO2S/c1-12(2,3)13-8-5-11(6-9-13)7-10-16(4,14)15/h11H,5-10H2,1-4H3. The minimum atomic E-state index is -2.78. The van der Waals surface area contributed by atoms with Crippen molar-refractivity contribution in [2.75, 3.05) is 25.1 Å². The summed E-state index contributed by atoms with van der Waals surface area (Å²) in [5, 5.41) is 0. The van der Waals surface area contributed by atoms with Crippen molar-refractivity contribution in [3.8, 4) is 0 Å². The van der Waals surface area contributed by atoms with Crippen molar-refractivity contribution in [2.24, 2.45) is 5.92 Å². The zero-order valence-electron chi connectivity index (χ0n) is 11.0. The summed E-state index contributed by atoms with van der Waals surface area (Å²) in [6.07, 6.45) is 4.47. The molecule has 0 aromatic heterocycles. The Labute approximate surface area is 100 Å². The van der Waals surface area contributed by atoms with E-state index in [4.69, 9.17) is 0 Å². The van der Waals surface area contributed by atoms with Gasteiger partial charge in [-0.15, -0.1) is 0 Å². The molecular weight excluding hydrogens is 222 g/mol. The predicted octanol–water partition coefficient (Wildman–Crippen LogP) is 1.93. The Kier molecular flexibility index (Phi) is 4.41. The quantitative estimate of drug-likeness (QED) is 0.765. The highest BCUT2D eigenvalue weighted by Crippen LogP contribution is 2.25. The Balaban J connectivity index is 2.33. The van der Waals surface area contributed by atoms with Crippen LogP contribution in [0.15, 0.2) is 0 Å². The van der Waals surface area contributed by atoms with E-state index in [1.807, 2.05) is 0 Å². The van der Waals surface area contributed by atoms with Crippen LogP contribution >= 0.6 is 0 Å². The fourth-order valence-electron chi connectivity index (χ4n) is 2.27. The monoisotopic (exact) mass is 247 g/mol. The van der Waals surface area contributed by atoms with E-state index in [9.17, 15) is 8.42 Å². The van der Waals surface area contributed by atoms with Gasteiger partial charge in [0.15, 0.2) is 0 Å². The second kappa shape index (κ2) is 5.05. The highest BCUT2D eigenvalue weighted by atomic mass is 32.2. The molecule has 0 unspecified atom stereocenters. The van der Waals surface area contributed by atoms with Gasteiger partial charge in [0.25, 0.3) is 0 Å². The Morgan fingerprint density at radius 2 is 1.69 bits per heavy atom. The van der Waals surface area contributed by atoms with Gasteiger partial charge in [-0.05, 0) is 59.0 Å². The lowest BCUT2D eigenvalue weighted by Crippen LogP contribution is -2.46. The smallest absolute Gasteiger partial charge is 0.147 e. The highest BCUT2D eigenvalue weighted by Gasteiger charge is 2.27. The Bertz CT molecular complexity index is 308. The highest BCUT2D eigenvalue weighted by molar-refractivity contribution is 7.90. The zero-order valence-corrected chi connectivity index (χ0v) is 11.8. The van der Waals surface area contributed by atoms with Crippen LogP contribution in [0.5, 0.6) is 0 Å². The fourth-order valence-corrected chi connectivity index (χ4v) is 3.03. The van der Waals surface area contributed by atoms with Crippen LogP contribution in [0.4, 0.5) is 0 Å². The molecule has 0 aromatic carbocycles. The van der Waals surface area contributed by atoms with Crippen LogP contribution in [-0.2, 0) is 9.84 Å². The molecule has 1 fully saturated rings. The predicted molar refractivity (Wildman–Crippen MR) is 68.4 cm³/mol. The molecular formula is C12H25NO2S. The molecule has 0 N–H and O–H groups in total. The van der Waals surface area contributed by atoms with Crippen LogP contribution in [0.25, 0.3) is 0 Å². The third-order valence-electron chi connectivity index (χ3n) is 3.46. The molecule has 0 amide bonds. The van der Waals surface area contributed by atoms with Gasteiger partial charge in [-0.1, -0.05) is 0 Å². The summed E-state index contributed by atoms with van der Waals surface area (Å²) in [6.45, 7) is 8.94. The van der Waals surface area contributed by atoms with Crippen LogP contribution in [0.2, 0.25) is 0 Å². The first-order valence-electron chi connectivity index (χ1n) is 6.11. The van der Waals surface area contributed by atoms with E-state index in [1.54, 1.807) is 0 Å². The maximum atomic E-state index is 11.1. The fraction of sp³-hybridized carbons (Fsp3) is 1.00. The van der Waals surface area contributed by atoms with Gasteiger partial charge in [-0.25, -0.2) is 8.42 Å². The normalized spacial score (nSPS) is 21.2. The molecule has 1 rings (SSSR count). The third-order valence-corrected chi connectivity index (χ3v) is 4.44. The summed E-state index contributed by atoms with van der Waals surface area (Å²) in [5.41, 5.74) is 0.252. The number of rotatable bonds is 3. The second-order valence-corrected chi connectivity index (χ2v) is 8.28. The molecule has 0 saturated carbocycles. The number of likely N-dealkylation sites (tertiary alicyclic amines) is 1. The lowest BCUT2D eigenvalue weighted by Gasteiger charge is -2.40. The largest absolute Gasteiger partial charge is 0.298 e. The molecule has 4 heteroatoms. The van der Waals surface area contributed by atoms with Crippen LogP contribution in [0.3, 0.4) is 0 Å². The number of sulfone groups is 1. The molecule has 96 valence electrons. The van der Waals surface area contributed by atoms with Crippen molar-refractivity contribution >= 4 is 9.84 Å². The zero-order chi connectivity index (χ0) is 12.4. The molecule has 16 heavy (non-hydrogen) atoms. The van der Waals surface area contributed by atoms with E-state index in [2.05, 4.69) is 25.7 Å². The van der Waals surface area contributed by atoms with Gasteiger partial charge in [0.2, 0.25) is 0 Å². The van der Waals surface area contributed by atoms with E-state index in [-0.39, 0.29) is 5.54 Å². The lowest BCUT2D eigenvalue weighted by molar-refractivity contribution is 0.0868. The van der Waals surface area contributed by atoms with Crippen molar-refractivity contribution in [3.63, 3.8) is 0 Å². The maximum absolute atomic E-state index is 11.1. The van der Waals surface area contributed by atoms with Crippen LogP contribution < -0.4 is 0 Å².